The lowest BCUT2D eigenvalue weighted by molar-refractivity contribution is 0.190. The maximum absolute atomic E-state index is 6.09. The smallest absolute Gasteiger partial charge is 0.213 e. The van der Waals surface area contributed by atoms with E-state index in [9.17, 15) is 0 Å². The molecule has 0 spiro atoms. The summed E-state index contributed by atoms with van der Waals surface area (Å²) < 4.78 is 11.9. The van der Waals surface area contributed by atoms with Gasteiger partial charge in [0, 0.05) is 16.7 Å². The van der Waals surface area contributed by atoms with E-state index in [0.717, 1.165) is 30.1 Å². The lowest BCUT2D eigenvalue weighted by Gasteiger charge is -2.27. The van der Waals surface area contributed by atoms with Crippen LogP contribution in [-0.4, -0.2) is 0 Å². The van der Waals surface area contributed by atoms with E-state index in [1.54, 1.807) is 0 Å². The van der Waals surface area contributed by atoms with E-state index in [4.69, 9.17) is 9.47 Å². The molecule has 0 saturated carbocycles. The molecule has 2 aliphatic heterocycles. The van der Waals surface area contributed by atoms with Gasteiger partial charge in [-0.05, 0) is 23.1 Å². The van der Waals surface area contributed by atoms with Crippen molar-refractivity contribution in [2.24, 2.45) is 0 Å². The van der Waals surface area contributed by atoms with Crippen molar-refractivity contribution < 1.29 is 9.47 Å². The maximum atomic E-state index is 6.09. The van der Waals surface area contributed by atoms with Crippen LogP contribution in [0.25, 0.3) is 22.3 Å². The largest absolute Gasteiger partial charge is 0.476 e. The second kappa shape index (κ2) is 4.21. The Hall–Kier alpha value is -2.74. The zero-order valence-electron chi connectivity index (χ0n) is 13.4. The van der Waals surface area contributed by atoms with Gasteiger partial charge in [0.25, 0.3) is 0 Å². The van der Waals surface area contributed by atoms with Crippen molar-refractivity contribution in [1.82, 2.24) is 0 Å². The summed E-state index contributed by atoms with van der Waals surface area (Å²) in [5, 5.41) is 0. The summed E-state index contributed by atoms with van der Waals surface area (Å²) >= 11 is 0. The number of hydrogen-bond acceptors (Lipinski definition) is 2. The van der Waals surface area contributed by atoms with E-state index in [2.05, 4.69) is 55.5 Å². The van der Waals surface area contributed by atoms with Crippen LogP contribution in [0.1, 0.15) is 36.1 Å². The second-order valence-corrected chi connectivity index (χ2v) is 6.75. The molecule has 3 aromatic carbocycles. The number of benzene rings is 3. The molecule has 1 unspecified atom stereocenters. The van der Waals surface area contributed by atoms with Gasteiger partial charge < -0.3 is 9.47 Å². The van der Waals surface area contributed by atoms with Crippen LogP contribution < -0.4 is 9.47 Å². The van der Waals surface area contributed by atoms with Crippen molar-refractivity contribution in [3.05, 3.63) is 65.2 Å². The van der Waals surface area contributed by atoms with Crippen molar-refractivity contribution in [3.63, 3.8) is 0 Å². The highest BCUT2D eigenvalue weighted by atomic mass is 16.6. The molecular weight excluding hydrogens is 296 g/mol. The van der Waals surface area contributed by atoms with Gasteiger partial charge in [-0.15, -0.1) is 0 Å². The van der Waals surface area contributed by atoms with Gasteiger partial charge in [-0.2, -0.15) is 0 Å². The normalized spacial score (nSPS) is 17.1. The predicted octanol–water partition coefficient (Wildman–Crippen LogP) is 5.87. The Labute approximate surface area is 140 Å². The van der Waals surface area contributed by atoms with Gasteiger partial charge in [0.05, 0.1) is 5.56 Å². The first-order chi connectivity index (χ1) is 11.9. The van der Waals surface area contributed by atoms with Crippen LogP contribution in [0, 0.1) is 0 Å². The summed E-state index contributed by atoms with van der Waals surface area (Å²) in [6, 6.07) is 17.3. The summed E-state index contributed by atoms with van der Waals surface area (Å²) in [6.45, 7) is 2.24. The lowest BCUT2D eigenvalue weighted by atomic mass is 9.90. The van der Waals surface area contributed by atoms with E-state index >= 15 is 0 Å². The number of ether oxygens (including phenoxy) is 2. The van der Waals surface area contributed by atoms with Crippen molar-refractivity contribution >= 4 is 0 Å². The summed E-state index contributed by atoms with van der Waals surface area (Å²) in [6.07, 6.45) is 2.34. The van der Waals surface area contributed by atoms with Crippen LogP contribution in [0.15, 0.2) is 48.5 Å². The topological polar surface area (TPSA) is 21.8 Å². The molecule has 116 valence electrons. The molecule has 0 N–H and O–H groups in total. The monoisotopic (exact) mass is 312 g/mol. The standard InChI is InChI=1S/C22H16O2/c1-2-7-12-10-6-11-14-15(12)17-16(13-8-4-3-5-9-13)20-22(24-20)21-18(17)19(14)23-21/h3-6,8-11,19H,2,7H2,1H3. The molecule has 0 amide bonds. The third kappa shape index (κ3) is 1.38. The van der Waals surface area contributed by atoms with Gasteiger partial charge >= 0.3 is 0 Å². The Morgan fingerprint density at radius 3 is 2.54 bits per heavy atom. The van der Waals surface area contributed by atoms with Gasteiger partial charge in [-0.1, -0.05) is 61.9 Å². The third-order valence-corrected chi connectivity index (χ3v) is 5.36. The van der Waals surface area contributed by atoms with Crippen molar-refractivity contribution in [2.45, 2.75) is 25.9 Å². The molecule has 0 bridgehead atoms. The van der Waals surface area contributed by atoms with Crippen LogP contribution in [0.2, 0.25) is 0 Å². The van der Waals surface area contributed by atoms with E-state index in [0.29, 0.717) is 0 Å². The first-order valence-corrected chi connectivity index (χ1v) is 8.64. The molecule has 6 rings (SSSR count). The minimum atomic E-state index is 0.0961. The second-order valence-electron chi connectivity index (χ2n) is 6.75. The first kappa shape index (κ1) is 12.7. The molecule has 3 aliphatic rings. The van der Waals surface area contributed by atoms with Crippen LogP contribution in [0.3, 0.4) is 0 Å². The first-order valence-electron chi connectivity index (χ1n) is 8.64. The highest BCUT2D eigenvalue weighted by molar-refractivity contribution is 6.03. The Balaban J connectivity index is 1.71. The summed E-state index contributed by atoms with van der Waals surface area (Å²) in [4.78, 5) is 0. The third-order valence-electron chi connectivity index (χ3n) is 5.36. The van der Waals surface area contributed by atoms with Crippen LogP contribution in [0.4, 0.5) is 0 Å². The van der Waals surface area contributed by atoms with E-state index in [-0.39, 0.29) is 6.10 Å². The Morgan fingerprint density at radius 2 is 1.71 bits per heavy atom. The molecule has 1 aliphatic carbocycles. The molecule has 0 aromatic heterocycles. The van der Waals surface area contributed by atoms with Crippen LogP contribution in [0.5, 0.6) is 17.2 Å². The molecule has 2 nitrogen and oxygen atoms in total. The molecule has 0 radical (unpaired) electrons. The average Bonchev–Trinajstić information content (AvgIpc) is 3.29. The minimum Gasteiger partial charge on any atom is -0.476 e. The predicted molar refractivity (Wildman–Crippen MR) is 93.9 cm³/mol. The highest BCUT2D eigenvalue weighted by Crippen LogP contribution is 2.72. The van der Waals surface area contributed by atoms with E-state index < -0.39 is 0 Å². The molecule has 1 atom stereocenters. The number of aryl methyl sites for hydroxylation is 1. The molecule has 0 saturated heterocycles. The molecule has 0 fully saturated rings. The Kier molecular flexibility index (Phi) is 2.22. The van der Waals surface area contributed by atoms with Crippen molar-refractivity contribution in [3.8, 4) is 39.5 Å². The van der Waals surface area contributed by atoms with Gasteiger partial charge in [0.15, 0.2) is 17.6 Å². The lowest BCUT2D eigenvalue weighted by Crippen LogP contribution is -2.16. The zero-order valence-corrected chi connectivity index (χ0v) is 13.4. The maximum Gasteiger partial charge on any atom is 0.213 e. The molecule has 2 heteroatoms. The molecule has 2 heterocycles. The quantitative estimate of drug-likeness (QED) is 0.441. The average molecular weight is 312 g/mol. The van der Waals surface area contributed by atoms with Crippen LogP contribution >= 0.6 is 0 Å². The number of rotatable bonds is 3. The fraction of sp³-hybridized carbons (Fsp3) is 0.182. The van der Waals surface area contributed by atoms with Gasteiger partial charge in [-0.3, -0.25) is 0 Å². The molecular formula is C22H16O2. The number of hydrogen-bond donors (Lipinski definition) is 0. The number of fused-ring (bicyclic) bond motifs is 5. The van der Waals surface area contributed by atoms with Gasteiger partial charge in [0.1, 0.15) is 0 Å². The highest BCUT2D eigenvalue weighted by Gasteiger charge is 2.51. The molecule has 24 heavy (non-hydrogen) atoms. The summed E-state index contributed by atoms with van der Waals surface area (Å²) in [5.74, 6) is 2.93. The summed E-state index contributed by atoms with van der Waals surface area (Å²) in [5.41, 5.74) is 9.30. The van der Waals surface area contributed by atoms with E-state index in [1.165, 1.54) is 38.9 Å². The van der Waals surface area contributed by atoms with Crippen LogP contribution in [-0.2, 0) is 6.42 Å². The zero-order chi connectivity index (χ0) is 15.8. The van der Waals surface area contributed by atoms with Crippen molar-refractivity contribution in [1.29, 1.82) is 0 Å². The van der Waals surface area contributed by atoms with Crippen molar-refractivity contribution in [2.75, 3.05) is 0 Å². The fourth-order valence-electron chi connectivity index (χ4n) is 4.34. The fourth-order valence-corrected chi connectivity index (χ4v) is 4.34. The summed E-state index contributed by atoms with van der Waals surface area (Å²) in [7, 11) is 0. The minimum absolute atomic E-state index is 0.0961. The van der Waals surface area contributed by atoms with Gasteiger partial charge in [0.2, 0.25) is 5.75 Å². The van der Waals surface area contributed by atoms with E-state index in [1.807, 2.05) is 0 Å². The van der Waals surface area contributed by atoms with Gasteiger partial charge in [-0.25, -0.2) is 0 Å². The Morgan fingerprint density at radius 1 is 0.833 bits per heavy atom. The Bertz CT molecular complexity index is 1020. The molecule has 3 aromatic rings. The SMILES string of the molecule is CCCc1cccc2c1-c1c(-c3ccccc3)c3c(c4c1C2O4)O3.